The predicted molar refractivity (Wildman–Crippen MR) is 51.0 cm³/mol. The van der Waals surface area contributed by atoms with Gasteiger partial charge in [-0.25, -0.2) is 0 Å². The van der Waals surface area contributed by atoms with E-state index in [1.165, 1.54) is 0 Å². The third-order valence-corrected chi connectivity index (χ3v) is 2.03. The molecular formula is C11H10O2. The van der Waals surface area contributed by atoms with E-state index in [2.05, 4.69) is 6.08 Å². The number of benzene rings is 1. The standard InChI is InChI=1S/C11H10O2/c12-8-10-6-3-5-9-4-1-2-7-13-11(9)10/h1,3-6,8H,2,7H2. The molecule has 0 radical (unpaired) electrons. The zero-order chi connectivity index (χ0) is 9.10. The Bertz CT molecular complexity index is 353. The SMILES string of the molecule is O=Cc1cccc2c1OCCC=C2. The zero-order valence-corrected chi connectivity index (χ0v) is 7.19. The van der Waals surface area contributed by atoms with Crippen molar-refractivity contribution in [3.05, 3.63) is 35.4 Å². The van der Waals surface area contributed by atoms with Gasteiger partial charge in [0, 0.05) is 5.56 Å². The summed E-state index contributed by atoms with van der Waals surface area (Å²) in [7, 11) is 0. The zero-order valence-electron chi connectivity index (χ0n) is 7.19. The van der Waals surface area contributed by atoms with E-state index in [1.807, 2.05) is 18.2 Å². The van der Waals surface area contributed by atoms with Crippen LogP contribution in [0.4, 0.5) is 0 Å². The number of carbonyl (C=O) groups is 1. The van der Waals surface area contributed by atoms with E-state index in [1.54, 1.807) is 6.07 Å². The summed E-state index contributed by atoms with van der Waals surface area (Å²) in [6, 6.07) is 5.58. The van der Waals surface area contributed by atoms with Gasteiger partial charge in [0.05, 0.1) is 12.2 Å². The Hall–Kier alpha value is -1.57. The minimum Gasteiger partial charge on any atom is -0.492 e. The van der Waals surface area contributed by atoms with Crippen LogP contribution in [-0.2, 0) is 0 Å². The van der Waals surface area contributed by atoms with E-state index in [9.17, 15) is 4.79 Å². The van der Waals surface area contributed by atoms with Crippen LogP contribution in [-0.4, -0.2) is 12.9 Å². The second kappa shape index (κ2) is 3.44. The largest absolute Gasteiger partial charge is 0.492 e. The van der Waals surface area contributed by atoms with Crippen LogP contribution in [0.1, 0.15) is 22.3 Å². The maximum Gasteiger partial charge on any atom is 0.153 e. The van der Waals surface area contributed by atoms with Gasteiger partial charge in [-0.3, -0.25) is 4.79 Å². The maximum absolute atomic E-state index is 10.7. The van der Waals surface area contributed by atoms with Crippen molar-refractivity contribution in [3.8, 4) is 5.75 Å². The second-order valence-electron chi connectivity index (χ2n) is 2.92. The number of hydrogen-bond acceptors (Lipinski definition) is 2. The summed E-state index contributed by atoms with van der Waals surface area (Å²) >= 11 is 0. The van der Waals surface area contributed by atoms with Gasteiger partial charge in [0.25, 0.3) is 0 Å². The highest BCUT2D eigenvalue weighted by Crippen LogP contribution is 2.26. The maximum atomic E-state index is 10.7. The molecule has 0 aliphatic carbocycles. The van der Waals surface area contributed by atoms with Crippen molar-refractivity contribution in [1.82, 2.24) is 0 Å². The van der Waals surface area contributed by atoms with Crippen LogP contribution in [0.2, 0.25) is 0 Å². The summed E-state index contributed by atoms with van der Waals surface area (Å²) < 4.78 is 5.48. The van der Waals surface area contributed by atoms with E-state index in [4.69, 9.17) is 4.74 Å². The minimum absolute atomic E-state index is 0.629. The third-order valence-electron chi connectivity index (χ3n) is 2.03. The molecule has 0 unspecified atom stereocenters. The van der Waals surface area contributed by atoms with Gasteiger partial charge in [-0.1, -0.05) is 24.3 Å². The molecule has 0 amide bonds. The average molecular weight is 174 g/mol. The number of para-hydroxylation sites is 1. The highest BCUT2D eigenvalue weighted by Gasteiger charge is 2.08. The smallest absolute Gasteiger partial charge is 0.153 e. The molecule has 2 heteroatoms. The Morgan fingerprint density at radius 1 is 1.38 bits per heavy atom. The molecule has 0 spiro atoms. The Morgan fingerprint density at radius 3 is 3.15 bits per heavy atom. The van der Waals surface area contributed by atoms with Crippen molar-refractivity contribution in [2.75, 3.05) is 6.61 Å². The molecule has 1 aliphatic rings. The van der Waals surface area contributed by atoms with E-state index in [-0.39, 0.29) is 0 Å². The van der Waals surface area contributed by atoms with Crippen molar-refractivity contribution in [1.29, 1.82) is 0 Å². The summed E-state index contributed by atoms with van der Waals surface area (Å²) in [6.45, 7) is 0.647. The number of aldehydes is 1. The summed E-state index contributed by atoms with van der Waals surface area (Å²) in [6.07, 6.45) is 5.78. The Balaban J connectivity index is 2.55. The first-order valence-corrected chi connectivity index (χ1v) is 4.29. The molecule has 0 fully saturated rings. The van der Waals surface area contributed by atoms with Gasteiger partial charge in [0.15, 0.2) is 6.29 Å². The lowest BCUT2D eigenvalue weighted by Gasteiger charge is -2.07. The predicted octanol–water partition coefficient (Wildman–Crippen LogP) is 2.29. The lowest BCUT2D eigenvalue weighted by molar-refractivity contribution is 0.111. The normalized spacial score (nSPS) is 14.2. The fourth-order valence-electron chi connectivity index (χ4n) is 1.40. The first kappa shape index (κ1) is 8.05. The first-order chi connectivity index (χ1) is 6.42. The van der Waals surface area contributed by atoms with E-state index >= 15 is 0 Å². The number of ether oxygens (including phenoxy) is 1. The van der Waals surface area contributed by atoms with Crippen LogP contribution in [0.5, 0.6) is 5.75 Å². The molecule has 1 aliphatic heterocycles. The fourth-order valence-corrected chi connectivity index (χ4v) is 1.40. The summed E-state index contributed by atoms with van der Waals surface area (Å²) in [5.74, 6) is 0.714. The van der Waals surface area contributed by atoms with Crippen molar-refractivity contribution in [3.63, 3.8) is 0 Å². The molecule has 0 saturated carbocycles. The quantitative estimate of drug-likeness (QED) is 0.610. The van der Waals surface area contributed by atoms with Gasteiger partial charge in [0.2, 0.25) is 0 Å². The Labute approximate surface area is 76.8 Å². The lowest BCUT2D eigenvalue weighted by atomic mass is 10.1. The van der Waals surface area contributed by atoms with Crippen LogP contribution in [0, 0.1) is 0 Å². The molecule has 0 N–H and O–H groups in total. The molecule has 0 saturated heterocycles. The number of hydrogen-bond donors (Lipinski definition) is 0. The average Bonchev–Trinajstić information content (AvgIpc) is 2.41. The molecule has 1 aromatic carbocycles. The number of carbonyl (C=O) groups excluding carboxylic acids is 1. The van der Waals surface area contributed by atoms with E-state index in [0.717, 1.165) is 18.3 Å². The molecule has 0 aromatic heterocycles. The van der Waals surface area contributed by atoms with Crippen LogP contribution in [0.25, 0.3) is 6.08 Å². The van der Waals surface area contributed by atoms with Gasteiger partial charge < -0.3 is 4.74 Å². The van der Waals surface area contributed by atoms with Crippen LogP contribution in [0.15, 0.2) is 24.3 Å². The van der Waals surface area contributed by atoms with Crippen LogP contribution >= 0.6 is 0 Å². The number of fused-ring (bicyclic) bond motifs is 1. The summed E-state index contributed by atoms with van der Waals surface area (Å²) in [4.78, 5) is 10.7. The highest BCUT2D eigenvalue weighted by atomic mass is 16.5. The van der Waals surface area contributed by atoms with Gasteiger partial charge in [-0.15, -0.1) is 0 Å². The van der Waals surface area contributed by atoms with Crippen LogP contribution in [0.3, 0.4) is 0 Å². The van der Waals surface area contributed by atoms with Gasteiger partial charge >= 0.3 is 0 Å². The fraction of sp³-hybridized carbons (Fsp3) is 0.182. The monoisotopic (exact) mass is 174 g/mol. The van der Waals surface area contributed by atoms with Crippen molar-refractivity contribution in [2.45, 2.75) is 6.42 Å². The first-order valence-electron chi connectivity index (χ1n) is 4.29. The minimum atomic E-state index is 0.629. The lowest BCUT2D eigenvalue weighted by Crippen LogP contribution is -1.98. The van der Waals surface area contributed by atoms with Crippen molar-refractivity contribution < 1.29 is 9.53 Å². The molecule has 1 aromatic rings. The van der Waals surface area contributed by atoms with E-state index < -0.39 is 0 Å². The topological polar surface area (TPSA) is 26.3 Å². The highest BCUT2D eigenvalue weighted by molar-refractivity contribution is 5.82. The number of rotatable bonds is 1. The second-order valence-corrected chi connectivity index (χ2v) is 2.92. The van der Waals surface area contributed by atoms with Crippen LogP contribution < -0.4 is 4.74 Å². The molecule has 66 valence electrons. The molecule has 2 rings (SSSR count). The molecule has 1 heterocycles. The Morgan fingerprint density at radius 2 is 2.31 bits per heavy atom. The Kier molecular flexibility index (Phi) is 2.13. The van der Waals surface area contributed by atoms with Gasteiger partial charge in [-0.05, 0) is 12.5 Å². The van der Waals surface area contributed by atoms with E-state index in [0.29, 0.717) is 17.9 Å². The van der Waals surface area contributed by atoms with Gasteiger partial charge in [0.1, 0.15) is 5.75 Å². The molecular weight excluding hydrogens is 164 g/mol. The third kappa shape index (κ3) is 1.47. The summed E-state index contributed by atoms with van der Waals surface area (Å²) in [5, 5.41) is 0. The molecule has 0 atom stereocenters. The van der Waals surface area contributed by atoms with Gasteiger partial charge in [-0.2, -0.15) is 0 Å². The van der Waals surface area contributed by atoms with Crippen molar-refractivity contribution in [2.24, 2.45) is 0 Å². The molecule has 0 bridgehead atoms. The molecule has 2 nitrogen and oxygen atoms in total. The van der Waals surface area contributed by atoms with Crippen molar-refractivity contribution >= 4 is 12.4 Å². The molecule has 13 heavy (non-hydrogen) atoms. The summed E-state index contributed by atoms with van der Waals surface area (Å²) in [5.41, 5.74) is 1.62.